The Bertz CT molecular complexity index is 392. The number of aliphatic carboxylic acids is 1. The van der Waals surface area contributed by atoms with Gasteiger partial charge in [-0.3, -0.25) is 9.59 Å². The minimum absolute atomic E-state index is 0.0142. The predicted molar refractivity (Wildman–Crippen MR) is 63.9 cm³/mol. The van der Waals surface area contributed by atoms with E-state index in [0.29, 0.717) is 0 Å². The van der Waals surface area contributed by atoms with E-state index in [-0.39, 0.29) is 43.0 Å². The number of hydrogen-bond donors (Lipinski definition) is 2. The molecule has 0 aromatic rings. The van der Waals surface area contributed by atoms with Crippen LogP contribution in [0.25, 0.3) is 0 Å². The van der Waals surface area contributed by atoms with Gasteiger partial charge in [-0.15, -0.1) is 0 Å². The van der Waals surface area contributed by atoms with Crippen molar-refractivity contribution in [3.05, 3.63) is 0 Å². The standard InChI is InChI=1S/C11H17N3O4/c1-3-7(2)12-9(15)6-14-10(16)5-4-8(13-14)11(17)18/h7H,3-6H2,1-2H3,(H,12,15)(H,17,18). The van der Waals surface area contributed by atoms with Gasteiger partial charge in [-0.25, -0.2) is 9.80 Å². The molecule has 1 heterocycles. The molecule has 0 radical (unpaired) electrons. The van der Waals surface area contributed by atoms with Crippen molar-refractivity contribution in [2.24, 2.45) is 5.10 Å². The maximum atomic E-state index is 11.6. The Labute approximate surface area is 105 Å². The van der Waals surface area contributed by atoms with E-state index in [2.05, 4.69) is 10.4 Å². The van der Waals surface area contributed by atoms with Gasteiger partial charge in [-0.05, 0) is 13.3 Å². The number of nitrogens with zero attached hydrogens (tertiary/aromatic N) is 2. The molecule has 0 saturated carbocycles. The number of nitrogens with one attached hydrogen (secondary N) is 1. The highest BCUT2D eigenvalue weighted by Gasteiger charge is 2.25. The molecule has 1 unspecified atom stereocenters. The maximum absolute atomic E-state index is 11.6. The van der Waals surface area contributed by atoms with Crippen molar-refractivity contribution in [3.8, 4) is 0 Å². The molecular formula is C11H17N3O4. The first-order valence-electron chi connectivity index (χ1n) is 5.84. The van der Waals surface area contributed by atoms with Crippen LogP contribution in [0.15, 0.2) is 5.10 Å². The number of carboxylic acids is 1. The van der Waals surface area contributed by atoms with Crippen LogP contribution in [-0.2, 0) is 14.4 Å². The van der Waals surface area contributed by atoms with Crippen LogP contribution < -0.4 is 5.32 Å². The molecule has 1 aliphatic rings. The van der Waals surface area contributed by atoms with Crippen molar-refractivity contribution in [3.63, 3.8) is 0 Å². The fraction of sp³-hybridized carbons (Fsp3) is 0.636. The molecule has 1 aliphatic heterocycles. The number of rotatable bonds is 5. The third-order valence-corrected chi connectivity index (χ3v) is 2.66. The molecule has 2 N–H and O–H groups in total. The Balaban J connectivity index is 2.64. The summed E-state index contributed by atoms with van der Waals surface area (Å²) in [6.07, 6.45) is 0.961. The number of hydrazone groups is 1. The van der Waals surface area contributed by atoms with Gasteiger partial charge in [0.1, 0.15) is 12.3 Å². The van der Waals surface area contributed by atoms with Crippen LogP contribution in [0.4, 0.5) is 0 Å². The molecule has 0 spiro atoms. The molecule has 7 nitrogen and oxygen atoms in total. The topological polar surface area (TPSA) is 99.1 Å². The van der Waals surface area contributed by atoms with Gasteiger partial charge >= 0.3 is 5.97 Å². The molecule has 0 aromatic carbocycles. The summed E-state index contributed by atoms with van der Waals surface area (Å²) >= 11 is 0. The quantitative estimate of drug-likeness (QED) is 0.720. The fourth-order valence-electron chi connectivity index (χ4n) is 1.44. The summed E-state index contributed by atoms with van der Waals surface area (Å²) in [7, 11) is 0. The molecule has 1 rings (SSSR count). The highest BCUT2D eigenvalue weighted by molar-refractivity contribution is 6.36. The number of hydrogen-bond acceptors (Lipinski definition) is 4. The van der Waals surface area contributed by atoms with E-state index < -0.39 is 5.97 Å². The van der Waals surface area contributed by atoms with Gasteiger partial charge in [-0.2, -0.15) is 5.10 Å². The highest BCUT2D eigenvalue weighted by Crippen LogP contribution is 2.09. The van der Waals surface area contributed by atoms with Crippen molar-refractivity contribution in [1.82, 2.24) is 10.3 Å². The van der Waals surface area contributed by atoms with Crippen LogP contribution in [0.2, 0.25) is 0 Å². The first kappa shape index (κ1) is 14.1. The SMILES string of the molecule is CCC(C)NC(=O)CN1N=C(C(=O)O)CCC1=O. The summed E-state index contributed by atoms with van der Waals surface area (Å²) in [5.41, 5.74) is -0.0917. The third-order valence-electron chi connectivity index (χ3n) is 2.66. The Morgan fingerprint density at radius 1 is 1.50 bits per heavy atom. The zero-order chi connectivity index (χ0) is 13.7. The summed E-state index contributed by atoms with van der Waals surface area (Å²) in [4.78, 5) is 33.8. The second-order valence-corrected chi connectivity index (χ2v) is 4.18. The summed E-state index contributed by atoms with van der Waals surface area (Å²) in [6.45, 7) is 3.54. The second kappa shape index (κ2) is 6.13. The zero-order valence-electron chi connectivity index (χ0n) is 10.5. The molecule has 100 valence electrons. The molecule has 0 aromatic heterocycles. The molecule has 0 saturated heterocycles. The average molecular weight is 255 g/mol. The average Bonchev–Trinajstić information content (AvgIpc) is 2.31. The van der Waals surface area contributed by atoms with Crippen LogP contribution in [-0.4, -0.2) is 46.2 Å². The largest absolute Gasteiger partial charge is 0.477 e. The van der Waals surface area contributed by atoms with Crippen molar-refractivity contribution in [2.45, 2.75) is 39.2 Å². The second-order valence-electron chi connectivity index (χ2n) is 4.18. The smallest absolute Gasteiger partial charge is 0.352 e. The Morgan fingerprint density at radius 3 is 2.72 bits per heavy atom. The summed E-state index contributed by atoms with van der Waals surface area (Å²) < 4.78 is 0. The minimum Gasteiger partial charge on any atom is -0.477 e. The van der Waals surface area contributed by atoms with E-state index in [0.717, 1.165) is 11.4 Å². The molecule has 0 aliphatic carbocycles. The Morgan fingerprint density at radius 2 is 2.17 bits per heavy atom. The van der Waals surface area contributed by atoms with Gasteiger partial charge < -0.3 is 10.4 Å². The maximum Gasteiger partial charge on any atom is 0.352 e. The van der Waals surface area contributed by atoms with Crippen LogP contribution in [0.5, 0.6) is 0 Å². The van der Waals surface area contributed by atoms with E-state index in [4.69, 9.17) is 5.11 Å². The molecule has 2 amide bonds. The lowest BCUT2D eigenvalue weighted by Gasteiger charge is -2.22. The van der Waals surface area contributed by atoms with Gasteiger partial charge in [0.15, 0.2) is 0 Å². The summed E-state index contributed by atoms with van der Waals surface area (Å²) in [5, 5.41) is 16.1. The number of amides is 2. The first-order valence-corrected chi connectivity index (χ1v) is 5.84. The monoisotopic (exact) mass is 255 g/mol. The summed E-state index contributed by atoms with van der Waals surface area (Å²) in [6, 6.07) is 0.0142. The predicted octanol–water partition coefficient (Wildman–Crippen LogP) is -0.0359. The van der Waals surface area contributed by atoms with E-state index in [1.807, 2.05) is 13.8 Å². The molecule has 0 fully saturated rings. The number of carbonyl (C=O) groups excluding carboxylic acids is 2. The Hall–Kier alpha value is -1.92. The van der Waals surface area contributed by atoms with E-state index in [9.17, 15) is 14.4 Å². The van der Waals surface area contributed by atoms with Crippen molar-refractivity contribution in [1.29, 1.82) is 0 Å². The normalized spacial score (nSPS) is 17.1. The Kier molecular flexibility index (Phi) is 4.82. The van der Waals surface area contributed by atoms with Gasteiger partial charge in [0, 0.05) is 18.9 Å². The highest BCUT2D eigenvalue weighted by atomic mass is 16.4. The van der Waals surface area contributed by atoms with E-state index >= 15 is 0 Å². The molecule has 7 heteroatoms. The first-order chi connectivity index (χ1) is 8.43. The van der Waals surface area contributed by atoms with Crippen molar-refractivity contribution in [2.75, 3.05) is 6.54 Å². The van der Waals surface area contributed by atoms with Crippen molar-refractivity contribution < 1.29 is 19.5 Å². The van der Waals surface area contributed by atoms with Gasteiger partial charge in [0.2, 0.25) is 11.8 Å². The fourth-order valence-corrected chi connectivity index (χ4v) is 1.44. The van der Waals surface area contributed by atoms with Gasteiger partial charge in [0.05, 0.1) is 0 Å². The number of carboxylic acid groups (broad SMARTS) is 1. The molecule has 1 atom stereocenters. The lowest BCUT2D eigenvalue weighted by atomic mass is 10.1. The summed E-state index contributed by atoms with van der Waals surface area (Å²) in [5.74, 6) is -1.83. The van der Waals surface area contributed by atoms with Crippen LogP contribution in [0, 0.1) is 0 Å². The third kappa shape index (κ3) is 3.83. The van der Waals surface area contributed by atoms with Gasteiger partial charge in [0.25, 0.3) is 0 Å². The minimum atomic E-state index is -1.16. The molecule has 0 bridgehead atoms. The van der Waals surface area contributed by atoms with Crippen LogP contribution in [0.3, 0.4) is 0 Å². The van der Waals surface area contributed by atoms with Crippen LogP contribution >= 0.6 is 0 Å². The van der Waals surface area contributed by atoms with E-state index in [1.165, 1.54) is 0 Å². The molecule has 18 heavy (non-hydrogen) atoms. The van der Waals surface area contributed by atoms with Crippen LogP contribution in [0.1, 0.15) is 33.1 Å². The van der Waals surface area contributed by atoms with E-state index in [1.54, 1.807) is 0 Å². The number of carbonyl (C=O) groups is 3. The lowest BCUT2D eigenvalue weighted by Crippen LogP contribution is -2.43. The van der Waals surface area contributed by atoms with Gasteiger partial charge in [-0.1, -0.05) is 6.92 Å². The zero-order valence-corrected chi connectivity index (χ0v) is 10.5. The lowest BCUT2D eigenvalue weighted by molar-refractivity contribution is -0.137. The molecular weight excluding hydrogens is 238 g/mol. The van der Waals surface area contributed by atoms with Crippen molar-refractivity contribution >= 4 is 23.5 Å².